The monoisotopic (exact) mass is 257 g/mol. The molecule has 1 aromatic carbocycles. The number of ether oxygens (including phenoxy) is 1. The summed E-state index contributed by atoms with van der Waals surface area (Å²) < 4.78 is 5.62. The van der Waals surface area contributed by atoms with Crippen LogP contribution < -0.4 is 10.1 Å². The van der Waals surface area contributed by atoms with Crippen LogP contribution in [-0.2, 0) is 11.2 Å². The quantitative estimate of drug-likeness (QED) is 0.863. The highest BCUT2D eigenvalue weighted by Gasteiger charge is 2.26. The third kappa shape index (κ3) is 2.31. The molecule has 0 radical (unpaired) electrons. The van der Waals surface area contributed by atoms with Crippen LogP contribution in [0.4, 0.5) is 5.82 Å². The fourth-order valence-corrected chi connectivity index (χ4v) is 2.19. The SMILES string of the molecule is Cc1cn[nH]c1NC(=O)C1COc2ccccc2C1. The number of benzene rings is 1. The number of nitrogens with zero attached hydrogens (tertiary/aromatic N) is 1. The van der Waals surface area contributed by atoms with E-state index in [0.29, 0.717) is 18.8 Å². The molecule has 0 saturated carbocycles. The smallest absolute Gasteiger partial charge is 0.232 e. The van der Waals surface area contributed by atoms with Gasteiger partial charge >= 0.3 is 0 Å². The van der Waals surface area contributed by atoms with E-state index < -0.39 is 0 Å². The summed E-state index contributed by atoms with van der Waals surface area (Å²) >= 11 is 0. The second-order valence-corrected chi connectivity index (χ2v) is 4.74. The first kappa shape index (κ1) is 11.8. The molecule has 2 aromatic rings. The lowest BCUT2D eigenvalue weighted by atomic mass is 9.96. The molecule has 0 spiro atoms. The van der Waals surface area contributed by atoms with Gasteiger partial charge in [0.15, 0.2) is 0 Å². The number of anilines is 1. The molecule has 1 unspecified atom stereocenters. The summed E-state index contributed by atoms with van der Waals surface area (Å²) in [6.45, 7) is 2.31. The average molecular weight is 257 g/mol. The maximum atomic E-state index is 12.2. The first-order chi connectivity index (χ1) is 9.24. The van der Waals surface area contributed by atoms with Gasteiger partial charge in [0.1, 0.15) is 18.2 Å². The summed E-state index contributed by atoms with van der Waals surface area (Å²) in [4.78, 5) is 12.2. The first-order valence-corrected chi connectivity index (χ1v) is 6.25. The van der Waals surface area contributed by atoms with Gasteiger partial charge in [-0.1, -0.05) is 18.2 Å². The van der Waals surface area contributed by atoms with Crippen molar-refractivity contribution < 1.29 is 9.53 Å². The van der Waals surface area contributed by atoms with Gasteiger partial charge in [-0.2, -0.15) is 5.10 Å². The van der Waals surface area contributed by atoms with Crippen molar-refractivity contribution in [2.24, 2.45) is 5.92 Å². The molecule has 0 bridgehead atoms. The fraction of sp³-hybridized carbons (Fsp3) is 0.286. The van der Waals surface area contributed by atoms with Crippen LogP contribution in [-0.4, -0.2) is 22.7 Å². The van der Waals surface area contributed by atoms with E-state index in [4.69, 9.17) is 4.74 Å². The molecule has 1 atom stereocenters. The zero-order valence-corrected chi connectivity index (χ0v) is 10.6. The predicted octanol–water partition coefficient (Wildman–Crippen LogP) is 1.91. The highest BCUT2D eigenvalue weighted by Crippen LogP contribution is 2.27. The van der Waals surface area contributed by atoms with Crippen LogP contribution in [0.1, 0.15) is 11.1 Å². The fourth-order valence-electron chi connectivity index (χ4n) is 2.19. The van der Waals surface area contributed by atoms with Gasteiger partial charge in [0, 0.05) is 5.56 Å². The number of rotatable bonds is 2. The van der Waals surface area contributed by atoms with Crippen molar-refractivity contribution in [3.63, 3.8) is 0 Å². The molecule has 1 aromatic heterocycles. The number of amides is 1. The van der Waals surface area contributed by atoms with Gasteiger partial charge in [-0.15, -0.1) is 0 Å². The molecule has 0 fully saturated rings. The Hall–Kier alpha value is -2.30. The van der Waals surface area contributed by atoms with Crippen molar-refractivity contribution in [2.75, 3.05) is 11.9 Å². The van der Waals surface area contributed by atoms with Gasteiger partial charge in [0.25, 0.3) is 0 Å². The number of aromatic amines is 1. The molecule has 2 heterocycles. The topological polar surface area (TPSA) is 67.0 Å². The Morgan fingerprint density at radius 3 is 3.11 bits per heavy atom. The summed E-state index contributed by atoms with van der Waals surface area (Å²) in [6.07, 6.45) is 2.39. The van der Waals surface area contributed by atoms with Gasteiger partial charge in [-0.3, -0.25) is 9.89 Å². The number of hydrogen-bond acceptors (Lipinski definition) is 3. The predicted molar refractivity (Wildman–Crippen MR) is 71.1 cm³/mol. The molecular formula is C14H15N3O2. The van der Waals surface area contributed by atoms with Crippen LogP contribution >= 0.6 is 0 Å². The van der Waals surface area contributed by atoms with Crippen molar-refractivity contribution in [1.82, 2.24) is 10.2 Å². The minimum atomic E-state index is -0.169. The van der Waals surface area contributed by atoms with Crippen LogP contribution in [0.25, 0.3) is 0 Å². The first-order valence-electron chi connectivity index (χ1n) is 6.25. The number of para-hydroxylation sites is 1. The van der Waals surface area contributed by atoms with Crippen molar-refractivity contribution in [3.8, 4) is 5.75 Å². The van der Waals surface area contributed by atoms with Gasteiger partial charge in [-0.25, -0.2) is 0 Å². The lowest BCUT2D eigenvalue weighted by Gasteiger charge is -2.24. The summed E-state index contributed by atoms with van der Waals surface area (Å²) in [7, 11) is 0. The van der Waals surface area contributed by atoms with E-state index in [9.17, 15) is 4.79 Å². The third-order valence-corrected chi connectivity index (χ3v) is 3.33. The number of fused-ring (bicyclic) bond motifs is 1. The minimum Gasteiger partial charge on any atom is -0.492 e. The second kappa shape index (κ2) is 4.76. The number of H-pyrrole nitrogens is 1. The Morgan fingerprint density at radius 1 is 1.47 bits per heavy atom. The normalized spacial score (nSPS) is 17.4. The van der Waals surface area contributed by atoms with Crippen LogP contribution in [0, 0.1) is 12.8 Å². The highest BCUT2D eigenvalue weighted by atomic mass is 16.5. The molecule has 98 valence electrons. The van der Waals surface area contributed by atoms with Gasteiger partial charge in [0.2, 0.25) is 5.91 Å². The molecule has 19 heavy (non-hydrogen) atoms. The lowest BCUT2D eigenvalue weighted by Crippen LogP contribution is -2.32. The minimum absolute atomic E-state index is 0.0400. The Labute approximate surface area is 111 Å². The van der Waals surface area contributed by atoms with Crippen LogP contribution in [0.2, 0.25) is 0 Å². The van der Waals surface area contributed by atoms with Crippen LogP contribution in [0.3, 0.4) is 0 Å². The summed E-state index contributed by atoms with van der Waals surface area (Å²) in [5.74, 6) is 1.33. The molecular weight excluding hydrogens is 242 g/mol. The number of aryl methyl sites for hydroxylation is 1. The van der Waals surface area contributed by atoms with Gasteiger partial charge in [0.05, 0.1) is 12.1 Å². The molecule has 5 heteroatoms. The standard InChI is InChI=1S/C14H15N3O2/c1-9-7-15-17-13(9)16-14(18)11-6-10-4-2-3-5-12(10)19-8-11/h2-5,7,11H,6,8H2,1H3,(H2,15,16,17,18). The maximum Gasteiger partial charge on any atom is 0.232 e. The number of hydrogen-bond donors (Lipinski definition) is 2. The van der Waals surface area contributed by atoms with Crippen LogP contribution in [0.15, 0.2) is 30.5 Å². The molecule has 1 aliphatic rings. The summed E-state index contributed by atoms with van der Waals surface area (Å²) in [5, 5.41) is 9.51. The Balaban J connectivity index is 1.71. The maximum absolute atomic E-state index is 12.2. The van der Waals surface area contributed by atoms with E-state index in [0.717, 1.165) is 16.9 Å². The molecule has 1 aliphatic heterocycles. The summed E-state index contributed by atoms with van der Waals surface area (Å²) in [6, 6.07) is 7.83. The van der Waals surface area contributed by atoms with E-state index in [2.05, 4.69) is 15.5 Å². The van der Waals surface area contributed by atoms with Crippen molar-refractivity contribution in [3.05, 3.63) is 41.6 Å². The average Bonchev–Trinajstić information content (AvgIpc) is 2.84. The summed E-state index contributed by atoms with van der Waals surface area (Å²) in [5.41, 5.74) is 2.00. The Morgan fingerprint density at radius 2 is 2.32 bits per heavy atom. The van der Waals surface area contributed by atoms with E-state index in [-0.39, 0.29) is 11.8 Å². The molecule has 0 saturated heterocycles. The molecule has 3 rings (SSSR count). The van der Waals surface area contributed by atoms with Crippen molar-refractivity contribution in [2.45, 2.75) is 13.3 Å². The van der Waals surface area contributed by atoms with E-state index in [1.54, 1.807) is 6.20 Å². The molecule has 5 nitrogen and oxygen atoms in total. The van der Waals surface area contributed by atoms with E-state index in [1.807, 2.05) is 31.2 Å². The molecule has 2 N–H and O–H groups in total. The van der Waals surface area contributed by atoms with Crippen molar-refractivity contribution in [1.29, 1.82) is 0 Å². The number of carbonyl (C=O) groups excluding carboxylic acids is 1. The second-order valence-electron chi connectivity index (χ2n) is 4.74. The lowest BCUT2D eigenvalue weighted by molar-refractivity contribution is -0.121. The number of aromatic nitrogens is 2. The Kier molecular flexibility index (Phi) is 2.95. The third-order valence-electron chi connectivity index (χ3n) is 3.33. The van der Waals surface area contributed by atoms with Crippen LogP contribution in [0.5, 0.6) is 5.75 Å². The number of carbonyl (C=O) groups is 1. The highest BCUT2D eigenvalue weighted by molar-refractivity contribution is 5.92. The molecule has 0 aliphatic carbocycles. The van der Waals surface area contributed by atoms with Crippen molar-refractivity contribution >= 4 is 11.7 Å². The number of nitrogens with one attached hydrogen (secondary N) is 2. The molecule has 1 amide bonds. The largest absolute Gasteiger partial charge is 0.492 e. The Bertz CT molecular complexity index is 606. The van der Waals surface area contributed by atoms with E-state index >= 15 is 0 Å². The van der Waals surface area contributed by atoms with Gasteiger partial charge in [-0.05, 0) is 25.0 Å². The zero-order valence-electron chi connectivity index (χ0n) is 10.6. The van der Waals surface area contributed by atoms with Gasteiger partial charge < -0.3 is 10.1 Å². The zero-order chi connectivity index (χ0) is 13.2. The van der Waals surface area contributed by atoms with E-state index in [1.165, 1.54) is 0 Å².